The molecule has 1 aliphatic rings. The van der Waals surface area contributed by atoms with Gasteiger partial charge in [0.05, 0.1) is 15.7 Å². The molecule has 0 radical (unpaired) electrons. The van der Waals surface area contributed by atoms with Gasteiger partial charge in [-0.25, -0.2) is 9.59 Å². The SMILES string of the molecule is O=C(Nc1ccc(-c2ccc(C(=O)N3CCCC[C@H]3C(=O)O)cc2)cc1)Nc1cccc(Cl)c1Cl. The molecule has 1 atom stereocenters. The first-order valence-corrected chi connectivity index (χ1v) is 11.9. The number of rotatable bonds is 5. The summed E-state index contributed by atoms with van der Waals surface area (Å²) in [4.78, 5) is 38.1. The number of nitrogens with zero attached hydrogens (tertiary/aromatic N) is 1. The lowest BCUT2D eigenvalue weighted by Crippen LogP contribution is -2.47. The summed E-state index contributed by atoms with van der Waals surface area (Å²) < 4.78 is 0. The highest BCUT2D eigenvalue weighted by Gasteiger charge is 2.32. The maximum Gasteiger partial charge on any atom is 0.326 e. The van der Waals surface area contributed by atoms with Gasteiger partial charge in [0.2, 0.25) is 0 Å². The van der Waals surface area contributed by atoms with Crippen molar-refractivity contribution in [2.75, 3.05) is 17.2 Å². The number of benzene rings is 3. The molecule has 1 saturated heterocycles. The van der Waals surface area contributed by atoms with E-state index in [-0.39, 0.29) is 10.9 Å². The molecule has 0 unspecified atom stereocenters. The zero-order valence-corrected chi connectivity index (χ0v) is 20.1. The second kappa shape index (κ2) is 10.8. The van der Waals surface area contributed by atoms with E-state index in [0.717, 1.165) is 24.0 Å². The number of carboxylic acids is 1. The van der Waals surface area contributed by atoms with Crippen LogP contribution < -0.4 is 10.6 Å². The van der Waals surface area contributed by atoms with Crippen LogP contribution in [0.4, 0.5) is 16.2 Å². The molecule has 180 valence electrons. The van der Waals surface area contributed by atoms with Crippen LogP contribution in [0, 0.1) is 0 Å². The van der Waals surface area contributed by atoms with Crippen molar-refractivity contribution in [1.29, 1.82) is 0 Å². The van der Waals surface area contributed by atoms with Gasteiger partial charge in [-0.2, -0.15) is 0 Å². The fourth-order valence-corrected chi connectivity index (χ4v) is 4.38. The summed E-state index contributed by atoms with van der Waals surface area (Å²) in [6.07, 6.45) is 2.09. The Morgan fingerprint density at radius 2 is 1.51 bits per heavy atom. The van der Waals surface area contributed by atoms with E-state index in [1.54, 1.807) is 42.5 Å². The van der Waals surface area contributed by atoms with Gasteiger partial charge >= 0.3 is 12.0 Å². The number of anilines is 2. The van der Waals surface area contributed by atoms with Crippen LogP contribution in [0.25, 0.3) is 11.1 Å². The summed E-state index contributed by atoms with van der Waals surface area (Å²) >= 11 is 12.1. The fourth-order valence-electron chi connectivity index (χ4n) is 4.03. The van der Waals surface area contributed by atoms with Crippen molar-refractivity contribution in [1.82, 2.24) is 4.90 Å². The molecular weight excluding hydrogens is 489 g/mol. The molecule has 1 fully saturated rings. The molecule has 1 heterocycles. The zero-order chi connectivity index (χ0) is 24.9. The normalized spacial score (nSPS) is 15.4. The van der Waals surface area contributed by atoms with Gasteiger partial charge in [0.15, 0.2) is 0 Å². The molecule has 35 heavy (non-hydrogen) atoms. The lowest BCUT2D eigenvalue weighted by Gasteiger charge is -2.33. The molecule has 3 aromatic carbocycles. The van der Waals surface area contributed by atoms with Gasteiger partial charge in [-0.15, -0.1) is 0 Å². The topological polar surface area (TPSA) is 98.7 Å². The van der Waals surface area contributed by atoms with Gasteiger partial charge in [-0.3, -0.25) is 4.79 Å². The minimum Gasteiger partial charge on any atom is -0.480 e. The van der Waals surface area contributed by atoms with Crippen LogP contribution >= 0.6 is 23.2 Å². The lowest BCUT2D eigenvalue weighted by atomic mass is 9.99. The predicted octanol–water partition coefficient (Wildman–Crippen LogP) is 6.38. The molecule has 1 aliphatic heterocycles. The summed E-state index contributed by atoms with van der Waals surface area (Å²) in [5.74, 6) is -1.23. The summed E-state index contributed by atoms with van der Waals surface area (Å²) in [6, 6.07) is 18.0. The van der Waals surface area contributed by atoms with Crippen molar-refractivity contribution < 1.29 is 19.5 Å². The summed E-state index contributed by atoms with van der Waals surface area (Å²) in [6.45, 7) is 0.448. The van der Waals surface area contributed by atoms with Crippen LogP contribution in [0.5, 0.6) is 0 Å². The molecule has 7 nitrogen and oxygen atoms in total. The number of hydrogen-bond donors (Lipinski definition) is 3. The average Bonchev–Trinajstić information content (AvgIpc) is 2.87. The smallest absolute Gasteiger partial charge is 0.326 e. The van der Waals surface area contributed by atoms with Gasteiger partial charge in [0.1, 0.15) is 6.04 Å². The van der Waals surface area contributed by atoms with Crippen LogP contribution in [-0.4, -0.2) is 40.5 Å². The molecule has 0 spiro atoms. The van der Waals surface area contributed by atoms with Crippen LogP contribution in [-0.2, 0) is 4.79 Å². The minimum absolute atomic E-state index is 0.264. The van der Waals surface area contributed by atoms with E-state index in [2.05, 4.69) is 10.6 Å². The molecule has 3 amide bonds. The fraction of sp³-hybridized carbons (Fsp3) is 0.192. The molecule has 3 N–H and O–H groups in total. The third-order valence-corrected chi connectivity index (χ3v) is 6.68. The van der Waals surface area contributed by atoms with E-state index < -0.39 is 18.0 Å². The average molecular weight is 512 g/mol. The number of aliphatic carboxylic acids is 1. The van der Waals surface area contributed by atoms with E-state index in [1.165, 1.54) is 4.90 Å². The van der Waals surface area contributed by atoms with Crippen LogP contribution in [0.2, 0.25) is 10.0 Å². The quantitative estimate of drug-likeness (QED) is 0.369. The van der Waals surface area contributed by atoms with Crippen LogP contribution in [0.3, 0.4) is 0 Å². The maximum atomic E-state index is 12.9. The number of carboxylic acid groups (broad SMARTS) is 1. The minimum atomic E-state index is -0.965. The first-order chi connectivity index (χ1) is 16.8. The van der Waals surface area contributed by atoms with Gasteiger partial charge in [0.25, 0.3) is 5.91 Å². The van der Waals surface area contributed by atoms with Crippen LogP contribution in [0.1, 0.15) is 29.6 Å². The van der Waals surface area contributed by atoms with Gasteiger partial charge in [0, 0.05) is 17.8 Å². The van der Waals surface area contributed by atoms with Crippen LogP contribution in [0.15, 0.2) is 66.7 Å². The third kappa shape index (κ3) is 5.75. The summed E-state index contributed by atoms with van der Waals surface area (Å²) in [7, 11) is 0. The Morgan fingerprint density at radius 1 is 0.857 bits per heavy atom. The van der Waals surface area contributed by atoms with E-state index in [4.69, 9.17) is 23.2 Å². The van der Waals surface area contributed by atoms with Crippen molar-refractivity contribution in [2.24, 2.45) is 0 Å². The molecule has 0 aliphatic carbocycles. The van der Waals surface area contributed by atoms with E-state index in [9.17, 15) is 19.5 Å². The number of urea groups is 1. The Balaban J connectivity index is 1.40. The zero-order valence-electron chi connectivity index (χ0n) is 18.6. The number of amides is 3. The standard InChI is InChI=1S/C26H23Cl2N3O4/c27-20-4-3-5-21(23(20)28)30-26(35)29-19-13-11-17(12-14-19)16-7-9-18(10-8-16)24(32)31-15-2-1-6-22(31)25(33)34/h3-5,7-14,22H,1-2,6,15H2,(H,33,34)(H2,29,30,35)/t22-/m0/s1. The Morgan fingerprint density at radius 3 is 2.17 bits per heavy atom. The predicted molar refractivity (Wildman–Crippen MR) is 137 cm³/mol. The molecular formula is C26H23Cl2N3O4. The Hall–Kier alpha value is -3.55. The summed E-state index contributed by atoms with van der Waals surface area (Å²) in [5.41, 5.74) is 3.23. The number of carbonyl (C=O) groups is 3. The molecule has 9 heteroatoms. The second-order valence-corrected chi connectivity index (χ2v) is 8.97. The third-order valence-electron chi connectivity index (χ3n) is 5.86. The Labute approximate surface area is 212 Å². The van der Waals surface area contributed by atoms with Gasteiger partial charge < -0.3 is 20.6 Å². The molecule has 3 aromatic rings. The van der Waals surface area contributed by atoms with Crippen molar-refractivity contribution in [3.63, 3.8) is 0 Å². The van der Waals surface area contributed by atoms with Crippen molar-refractivity contribution in [2.45, 2.75) is 25.3 Å². The van der Waals surface area contributed by atoms with Crippen molar-refractivity contribution in [3.05, 3.63) is 82.3 Å². The number of carbonyl (C=O) groups excluding carboxylic acids is 2. The second-order valence-electron chi connectivity index (χ2n) is 8.18. The maximum absolute atomic E-state index is 12.9. The highest BCUT2D eigenvalue weighted by atomic mass is 35.5. The molecule has 4 rings (SSSR count). The molecule has 0 aromatic heterocycles. The van der Waals surface area contributed by atoms with Gasteiger partial charge in [-0.05, 0) is 66.8 Å². The number of halogens is 2. The number of hydrogen-bond acceptors (Lipinski definition) is 3. The molecule has 0 bridgehead atoms. The number of likely N-dealkylation sites (tertiary alicyclic amines) is 1. The summed E-state index contributed by atoms with van der Waals surface area (Å²) in [5, 5.41) is 15.4. The van der Waals surface area contributed by atoms with E-state index >= 15 is 0 Å². The highest BCUT2D eigenvalue weighted by Crippen LogP contribution is 2.30. The van der Waals surface area contributed by atoms with E-state index in [0.29, 0.717) is 34.9 Å². The Bertz CT molecular complexity index is 1250. The largest absolute Gasteiger partial charge is 0.480 e. The van der Waals surface area contributed by atoms with Crippen molar-refractivity contribution in [3.8, 4) is 11.1 Å². The number of nitrogens with one attached hydrogen (secondary N) is 2. The molecule has 0 saturated carbocycles. The highest BCUT2D eigenvalue weighted by molar-refractivity contribution is 6.44. The number of piperidine rings is 1. The first kappa shape index (κ1) is 24.6. The lowest BCUT2D eigenvalue weighted by molar-refractivity contribution is -0.143. The monoisotopic (exact) mass is 511 g/mol. The first-order valence-electron chi connectivity index (χ1n) is 11.1. The van der Waals surface area contributed by atoms with E-state index in [1.807, 2.05) is 24.3 Å². The van der Waals surface area contributed by atoms with Gasteiger partial charge in [-0.1, -0.05) is 53.5 Å². The van der Waals surface area contributed by atoms with Crippen molar-refractivity contribution >= 4 is 52.5 Å². The Kier molecular flexibility index (Phi) is 7.58.